The number of rotatable bonds is 5. The highest BCUT2D eigenvalue weighted by atomic mass is 35.5. The highest BCUT2D eigenvalue weighted by Crippen LogP contribution is 2.43. The average molecular weight is 291 g/mol. The standard InChI is InChI=1S/C13H16F2N2O.ClH/c1-16-6-5-12(18)17-11-7-8(11)13-9(14)3-2-4-10(13)15;/h2-4,8,11,16H,5-7H2,1H3,(H,17,18);1H. The third-order valence-corrected chi connectivity index (χ3v) is 3.11. The fourth-order valence-corrected chi connectivity index (χ4v) is 2.06. The van der Waals surface area contributed by atoms with Gasteiger partial charge in [0.25, 0.3) is 0 Å². The predicted octanol–water partition coefficient (Wildman–Crippen LogP) is 1.97. The van der Waals surface area contributed by atoms with E-state index in [1.165, 1.54) is 18.2 Å². The number of halogens is 3. The fourth-order valence-electron chi connectivity index (χ4n) is 2.06. The molecule has 0 aliphatic heterocycles. The van der Waals surface area contributed by atoms with Crippen molar-refractivity contribution < 1.29 is 13.6 Å². The molecule has 1 aromatic carbocycles. The Bertz CT molecular complexity index is 436. The summed E-state index contributed by atoms with van der Waals surface area (Å²) in [6.07, 6.45) is 0.975. The SMILES string of the molecule is CNCCC(=O)NC1CC1c1c(F)cccc1F.Cl. The van der Waals surface area contributed by atoms with Crippen LogP contribution in [0.15, 0.2) is 18.2 Å². The molecule has 2 atom stereocenters. The van der Waals surface area contributed by atoms with Crippen molar-refractivity contribution in [3.8, 4) is 0 Å². The first kappa shape index (κ1) is 15.9. The lowest BCUT2D eigenvalue weighted by atomic mass is 10.1. The van der Waals surface area contributed by atoms with Crippen molar-refractivity contribution in [1.82, 2.24) is 10.6 Å². The van der Waals surface area contributed by atoms with Crippen LogP contribution in [0, 0.1) is 11.6 Å². The molecule has 1 aromatic rings. The molecule has 0 spiro atoms. The van der Waals surface area contributed by atoms with Gasteiger partial charge in [0.2, 0.25) is 5.91 Å². The van der Waals surface area contributed by atoms with Gasteiger partial charge in [0, 0.05) is 30.5 Å². The van der Waals surface area contributed by atoms with Crippen LogP contribution in [0.1, 0.15) is 24.3 Å². The molecule has 19 heavy (non-hydrogen) atoms. The second kappa shape index (κ2) is 6.82. The molecule has 106 valence electrons. The van der Waals surface area contributed by atoms with Crippen molar-refractivity contribution in [3.05, 3.63) is 35.4 Å². The van der Waals surface area contributed by atoms with Crippen LogP contribution in [0.3, 0.4) is 0 Å². The molecule has 2 rings (SSSR count). The molecule has 0 aromatic heterocycles. The smallest absolute Gasteiger partial charge is 0.221 e. The lowest BCUT2D eigenvalue weighted by Gasteiger charge is -2.06. The maximum atomic E-state index is 13.5. The molecular formula is C13H17ClF2N2O. The first-order chi connectivity index (χ1) is 8.63. The zero-order valence-electron chi connectivity index (χ0n) is 10.6. The Labute approximate surface area is 117 Å². The van der Waals surface area contributed by atoms with Crippen LogP contribution in [-0.2, 0) is 4.79 Å². The second-order valence-corrected chi connectivity index (χ2v) is 4.51. The van der Waals surface area contributed by atoms with Gasteiger partial charge in [-0.1, -0.05) is 6.07 Å². The number of carbonyl (C=O) groups excluding carboxylic acids is 1. The molecule has 1 amide bonds. The van der Waals surface area contributed by atoms with Crippen LogP contribution in [0.5, 0.6) is 0 Å². The Kier molecular flexibility index (Phi) is 5.69. The number of hydrogen-bond donors (Lipinski definition) is 2. The monoisotopic (exact) mass is 290 g/mol. The lowest BCUT2D eigenvalue weighted by Crippen LogP contribution is -2.29. The van der Waals surface area contributed by atoms with E-state index in [9.17, 15) is 13.6 Å². The minimum absolute atomic E-state index is 0. The molecule has 1 aliphatic carbocycles. The Morgan fingerprint density at radius 1 is 1.37 bits per heavy atom. The van der Waals surface area contributed by atoms with E-state index in [1.807, 2.05) is 0 Å². The van der Waals surface area contributed by atoms with Crippen molar-refractivity contribution in [3.63, 3.8) is 0 Å². The molecule has 6 heteroatoms. The summed E-state index contributed by atoms with van der Waals surface area (Å²) in [7, 11) is 1.77. The van der Waals surface area contributed by atoms with Crippen LogP contribution in [0.2, 0.25) is 0 Å². The highest BCUT2D eigenvalue weighted by molar-refractivity contribution is 5.85. The van der Waals surface area contributed by atoms with E-state index in [0.717, 1.165) is 0 Å². The zero-order valence-corrected chi connectivity index (χ0v) is 11.4. The highest BCUT2D eigenvalue weighted by Gasteiger charge is 2.42. The van der Waals surface area contributed by atoms with Crippen LogP contribution in [-0.4, -0.2) is 25.5 Å². The van der Waals surface area contributed by atoms with Crippen LogP contribution in [0.4, 0.5) is 8.78 Å². The third kappa shape index (κ3) is 3.88. The summed E-state index contributed by atoms with van der Waals surface area (Å²) in [4.78, 5) is 11.5. The normalized spacial score (nSPS) is 20.6. The maximum Gasteiger partial charge on any atom is 0.221 e. The number of amides is 1. The molecule has 3 nitrogen and oxygen atoms in total. The Balaban J connectivity index is 0.00000180. The topological polar surface area (TPSA) is 41.1 Å². The van der Waals surface area contributed by atoms with Crippen LogP contribution >= 0.6 is 12.4 Å². The number of hydrogen-bond acceptors (Lipinski definition) is 2. The van der Waals surface area contributed by atoms with Gasteiger partial charge in [0.05, 0.1) is 0 Å². The Hall–Kier alpha value is -1.20. The van der Waals surface area contributed by atoms with E-state index in [1.54, 1.807) is 7.05 Å². The first-order valence-corrected chi connectivity index (χ1v) is 6.01. The van der Waals surface area contributed by atoms with Gasteiger partial charge >= 0.3 is 0 Å². The summed E-state index contributed by atoms with van der Waals surface area (Å²) in [5.74, 6) is -1.39. The van der Waals surface area contributed by atoms with Gasteiger partial charge in [-0.25, -0.2) is 8.78 Å². The van der Waals surface area contributed by atoms with Crippen molar-refractivity contribution in [1.29, 1.82) is 0 Å². The lowest BCUT2D eigenvalue weighted by molar-refractivity contribution is -0.121. The van der Waals surface area contributed by atoms with Crippen molar-refractivity contribution in [2.24, 2.45) is 0 Å². The second-order valence-electron chi connectivity index (χ2n) is 4.51. The van der Waals surface area contributed by atoms with E-state index in [2.05, 4.69) is 10.6 Å². The first-order valence-electron chi connectivity index (χ1n) is 6.01. The average Bonchev–Trinajstić information content (AvgIpc) is 3.05. The molecule has 1 fully saturated rings. The minimum Gasteiger partial charge on any atom is -0.353 e. The maximum absolute atomic E-state index is 13.5. The van der Waals surface area contributed by atoms with E-state index in [0.29, 0.717) is 19.4 Å². The van der Waals surface area contributed by atoms with Gasteiger partial charge < -0.3 is 10.6 Å². The largest absolute Gasteiger partial charge is 0.353 e. The molecule has 0 heterocycles. The van der Waals surface area contributed by atoms with Crippen LogP contribution < -0.4 is 10.6 Å². The summed E-state index contributed by atoms with van der Waals surface area (Å²) in [5, 5.41) is 5.65. The van der Waals surface area contributed by atoms with Crippen molar-refractivity contribution in [2.75, 3.05) is 13.6 Å². The minimum atomic E-state index is -0.535. The Morgan fingerprint density at radius 2 is 2.00 bits per heavy atom. The third-order valence-electron chi connectivity index (χ3n) is 3.11. The summed E-state index contributed by atoms with van der Waals surface area (Å²) in [5.41, 5.74) is 0.0939. The van der Waals surface area contributed by atoms with Crippen LogP contribution in [0.25, 0.3) is 0 Å². The summed E-state index contributed by atoms with van der Waals surface area (Å²) < 4.78 is 27.0. The summed E-state index contributed by atoms with van der Waals surface area (Å²) in [6.45, 7) is 0.595. The molecule has 0 radical (unpaired) electrons. The Morgan fingerprint density at radius 3 is 2.58 bits per heavy atom. The van der Waals surface area contributed by atoms with E-state index < -0.39 is 11.6 Å². The molecule has 1 aliphatic rings. The molecule has 1 saturated carbocycles. The van der Waals surface area contributed by atoms with Gasteiger partial charge in [-0.3, -0.25) is 4.79 Å². The zero-order chi connectivity index (χ0) is 13.1. The number of nitrogens with one attached hydrogen (secondary N) is 2. The van der Waals surface area contributed by atoms with Crippen molar-refractivity contribution >= 4 is 18.3 Å². The molecule has 2 N–H and O–H groups in total. The van der Waals surface area contributed by atoms with E-state index in [4.69, 9.17) is 0 Å². The van der Waals surface area contributed by atoms with Gasteiger partial charge in [-0.15, -0.1) is 12.4 Å². The van der Waals surface area contributed by atoms with Crippen molar-refractivity contribution in [2.45, 2.75) is 24.8 Å². The van der Waals surface area contributed by atoms with E-state index in [-0.39, 0.29) is 35.8 Å². The fraction of sp³-hybridized carbons (Fsp3) is 0.462. The number of benzene rings is 1. The predicted molar refractivity (Wildman–Crippen MR) is 71.4 cm³/mol. The van der Waals surface area contributed by atoms with E-state index >= 15 is 0 Å². The van der Waals surface area contributed by atoms with Gasteiger partial charge in [-0.2, -0.15) is 0 Å². The summed E-state index contributed by atoms with van der Waals surface area (Å²) >= 11 is 0. The van der Waals surface area contributed by atoms with Gasteiger partial charge in [0.15, 0.2) is 0 Å². The van der Waals surface area contributed by atoms with Gasteiger partial charge in [0.1, 0.15) is 11.6 Å². The summed E-state index contributed by atoms with van der Waals surface area (Å²) in [6, 6.07) is 3.70. The molecule has 0 bridgehead atoms. The quantitative estimate of drug-likeness (QED) is 0.870. The molecule has 0 saturated heterocycles. The number of carbonyl (C=O) groups is 1. The van der Waals surface area contributed by atoms with Gasteiger partial charge in [-0.05, 0) is 25.6 Å². The molecule has 2 unspecified atom stereocenters. The molecular weight excluding hydrogens is 274 g/mol.